The van der Waals surface area contributed by atoms with Crippen LogP contribution < -0.4 is 5.73 Å². The number of halogens is 3. The van der Waals surface area contributed by atoms with Crippen LogP contribution in [0, 0.1) is 5.92 Å². The molecule has 1 fully saturated rings. The zero-order chi connectivity index (χ0) is 13.2. The van der Waals surface area contributed by atoms with E-state index < -0.39 is 12.8 Å². The molecule has 5 nitrogen and oxygen atoms in total. The van der Waals surface area contributed by atoms with E-state index in [1.165, 1.54) is 0 Å². The summed E-state index contributed by atoms with van der Waals surface area (Å²) in [5, 5.41) is 3.65. The molecule has 0 radical (unpaired) electrons. The van der Waals surface area contributed by atoms with Gasteiger partial charge >= 0.3 is 6.18 Å². The van der Waals surface area contributed by atoms with Crippen LogP contribution in [0.15, 0.2) is 4.52 Å². The SMILES string of the molecule is NC(c1nc(CCOCC(F)(F)F)no1)C1CC1. The summed E-state index contributed by atoms with van der Waals surface area (Å²) in [5.74, 6) is 1.06. The lowest BCUT2D eigenvalue weighted by Gasteiger charge is -2.05. The first-order valence-corrected chi connectivity index (χ1v) is 5.68. The van der Waals surface area contributed by atoms with E-state index in [0.29, 0.717) is 17.6 Å². The average molecular weight is 265 g/mol. The van der Waals surface area contributed by atoms with E-state index >= 15 is 0 Å². The van der Waals surface area contributed by atoms with Crippen LogP contribution in [0.5, 0.6) is 0 Å². The maximum absolute atomic E-state index is 11.8. The third-order valence-corrected chi connectivity index (χ3v) is 2.63. The molecule has 0 spiro atoms. The number of ether oxygens (including phenoxy) is 1. The Morgan fingerprint density at radius 2 is 2.17 bits per heavy atom. The summed E-state index contributed by atoms with van der Waals surface area (Å²) in [6, 6.07) is -0.262. The molecule has 1 saturated carbocycles. The molecule has 1 aliphatic carbocycles. The second kappa shape index (κ2) is 5.23. The third-order valence-electron chi connectivity index (χ3n) is 2.63. The molecule has 2 rings (SSSR count). The Kier molecular flexibility index (Phi) is 3.86. The van der Waals surface area contributed by atoms with Crippen molar-refractivity contribution in [3.8, 4) is 0 Å². The van der Waals surface area contributed by atoms with Crippen LogP contribution in [0.25, 0.3) is 0 Å². The highest BCUT2D eigenvalue weighted by Crippen LogP contribution is 2.38. The van der Waals surface area contributed by atoms with Gasteiger partial charge in [0.25, 0.3) is 0 Å². The molecule has 0 aliphatic heterocycles. The topological polar surface area (TPSA) is 74.2 Å². The molecule has 0 amide bonds. The van der Waals surface area contributed by atoms with Crippen molar-refractivity contribution in [1.82, 2.24) is 10.1 Å². The molecular weight excluding hydrogens is 251 g/mol. The van der Waals surface area contributed by atoms with Gasteiger partial charge in [-0.1, -0.05) is 5.16 Å². The molecular formula is C10H14F3N3O2. The molecule has 1 atom stereocenters. The van der Waals surface area contributed by atoms with Gasteiger partial charge < -0.3 is 15.0 Å². The van der Waals surface area contributed by atoms with Crippen molar-refractivity contribution in [3.63, 3.8) is 0 Å². The lowest BCUT2D eigenvalue weighted by atomic mass is 10.2. The molecule has 1 aromatic rings. The van der Waals surface area contributed by atoms with Crippen LogP contribution in [-0.2, 0) is 11.2 Å². The molecule has 18 heavy (non-hydrogen) atoms. The number of hydrogen-bond donors (Lipinski definition) is 1. The average Bonchev–Trinajstić information content (AvgIpc) is 3.02. The first kappa shape index (κ1) is 13.3. The van der Waals surface area contributed by atoms with Gasteiger partial charge in [-0.25, -0.2) is 0 Å². The number of alkyl halides is 3. The zero-order valence-electron chi connectivity index (χ0n) is 9.61. The van der Waals surface area contributed by atoms with Crippen LogP contribution >= 0.6 is 0 Å². The predicted octanol–water partition coefficient (Wildman–Crippen LogP) is 1.60. The number of rotatable bonds is 6. The van der Waals surface area contributed by atoms with E-state index in [1.807, 2.05) is 0 Å². The van der Waals surface area contributed by atoms with Gasteiger partial charge in [-0.15, -0.1) is 0 Å². The smallest absolute Gasteiger partial charge is 0.372 e. The van der Waals surface area contributed by atoms with Crippen molar-refractivity contribution in [2.24, 2.45) is 11.7 Å². The molecule has 1 aromatic heterocycles. The summed E-state index contributed by atoms with van der Waals surface area (Å²) in [7, 11) is 0. The Labute approximate surface area is 101 Å². The van der Waals surface area contributed by atoms with Gasteiger partial charge in [0.1, 0.15) is 6.61 Å². The largest absolute Gasteiger partial charge is 0.411 e. The van der Waals surface area contributed by atoms with Gasteiger partial charge in [0.2, 0.25) is 5.89 Å². The third kappa shape index (κ3) is 3.95. The quantitative estimate of drug-likeness (QED) is 0.791. The maximum atomic E-state index is 11.8. The van der Waals surface area contributed by atoms with Gasteiger partial charge in [0.05, 0.1) is 12.6 Å². The predicted molar refractivity (Wildman–Crippen MR) is 54.5 cm³/mol. The van der Waals surface area contributed by atoms with Crippen molar-refractivity contribution in [2.45, 2.75) is 31.5 Å². The molecule has 102 valence electrons. The Morgan fingerprint density at radius 1 is 1.44 bits per heavy atom. The zero-order valence-corrected chi connectivity index (χ0v) is 9.61. The van der Waals surface area contributed by atoms with Gasteiger partial charge in [-0.05, 0) is 18.8 Å². The number of aromatic nitrogens is 2. The van der Waals surface area contributed by atoms with Gasteiger partial charge in [-0.3, -0.25) is 0 Å². The second-order valence-electron chi connectivity index (χ2n) is 4.33. The van der Waals surface area contributed by atoms with E-state index in [9.17, 15) is 13.2 Å². The maximum Gasteiger partial charge on any atom is 0.411 e. The summed E-state index contributed by atoms with van der Waals surface area (Å²) in [6.07, 6.45) is -2.03. The van der Waals surface area contributed by atoms with Crippen LogP contribution in [0.3, 0.4) is 0 Å². The van der Waals surface area contributed by atoms with E-state index in [2.05, 4.69) is 14.9 Å². The van der Waals surface area contributed by atoms with E-state index in [1.54, 1.807) is 0 Å². The standard InChI is InChI=1S/C10H14F3N3O2/c11-10(12,13)5-17-4-3-7-15-9(18-16-7)8(14)6-1-2-6/h6,8H,1-5,14H2. The van der Waals surface area contributed by atoms with Crippen molar-refractivity contribution in [1.29, 1.82) is 0 Å². The second-order valence-corrected chi connectivity index (χ2v) is 4.33. The van der Waals surface area contributed by atoms with Crippen molar-refractivity contribution in [3.05, 3.63) is 11.7 Å². The van der Waals surface area contributed by atoms with E-state index in [4.69, 9.17) is 10.3 Å². The number of nitrogens with two attached hydrogens (primary N) is 1. The Morgan fingerprint density at radius 3 is 2.78 bits per heavy atom. The highest BCUT2D eigenvalue weighted by atomic mass is 19.4. The first-order valence-electron chi connectivity index (χ1n) is 5.68. The van der Waals surface area contributed by atoms with Crippen molar-refractivity contribution < 1.29 is 22.4 Å². The minimum absolute atomic E-state index is 0.100. The van der Waals surface area contributed by atoms with Crippen LogP contribution in [0.2, 0.25) is 0 Å². The molecule has 0 aromatic carbocycles. The lowest BCUT2D eigenvalue weighted by Crippen LogP contribution is -2.18. The van der Waals surface area contributed by atoms with Gasteiger partial charge in [-0.2, -0.15) is 18.2 Å². The Hall–Kier alpha value is -1.15. The highest BCUT2D eigenvalue weighted by Gasteiger charge is 2.33. The summed E-state index contributed by atoms with van der Waals surface area (Å²) < 4.78 is 44.8. The fraction of sp³-hybridized carbons (Fsp3) is 0.800. The number of nitrogens with zero attached hydrogens (tertiary/aromatic N) is 2. The van der Waals surface area contributed by atoms with Crippen LogP contribution in [-0.4, -0.2) is 29.5 Å². The minimum Gasteiger partial charge on any atom is -0.372 e. The molecule has 0 saturated heterocycles. The van der Waals surface area contributed by atoms with Crippen LogP contribution in [0.4, 0.5) is 13.2 Å². The Balaban J connectivity index is 1.73. The summed E-state index contributed by atoms with van der Waals surface area (Å²) in [4.78, 5) is 4.04. The van der Waals surface area contributed by atoms with Crippen LogP contribution in [0.1, 0.15) is 30.6 Å². The minimum atomic E-state index is -4.31. The van der Waals surface area contributed by atoms with Crippen molar-refractivity contribution in [2.75, 3.05) is 13.2 Å². The normalized spacial score (nSPS) is 18.0. The highest BCUT2D eigenvalue weighted by molar-refractivity contribution is 4.98. The summed E-state index contributed by atoms with van der Waals surface area (Å²) in [6.45, 7) is -1.36. The summed E-state index contributed by atoms with van der Waals surface area (Å²) >= 11 is 0. The van der Waals surface area contributed by atoms with Gasteiger partial charge in [0.15, 0.2) is 5.82 Å². The monoisotopic (exact) mass is 265 g/mol. The number of hydrogen-bond acceptors (Lipinski definition) is 5. The Bertz CT molecular complexity index is 390. The molecule has 1 heterocycles. The molecule has 2 N–H and O–H groups in total. The van der Waals surface area contributed by atoms with E-state index in [-0.39, 0.29) is 19.1 Å². The molecule has 0 bridgehead atoms. The van der Waals surface area contributed by atoms with Gasteiger partial charge in [0, 0.05) is 6.42 Å². The van der Waals surface area contributed by atoms with E-state index in [0.717, 1.165) is 12.8 Å². The molecule has 1 unspecified atom stereocenters. The summed E-state index contributed by atoms with van der Waals surface area (Å²) in [5.41, 5.74) is 5.85. The lowest BCUT2D eigenvalue weighted by molar-refractivity contribution is -0.173. The fourth-order valence-electron chi connectivity index (χ4n) is 1.51. The van der Waals surface area contributed by atoms with Crippen molar-refractivity contribution >= 4 is 0 Å². The molecule has 1 aliphatic rings. The fourth-order valence-corrected chi connectivity index (χ4v) is 1.51. The first-order chi connectivity index (χ1) is 8.46. The molecule has 8 heteroatoms.